The molecule has 19 heavy (non-hydrogen) atoms. The van der Waals surface area contributed by atoms with Crippen LogP contribution in [0.15, 0.2) is 18.2 Å². The molecule has 1 saturated carbocycles. The summed E-state index contributed by atoms with van der Waals surface area (Å²) in [7, 11) is 0. The summed E-state index contributed by atoms with van der Waals surface area (Å²) in [6.45, 7) is 1.41. The second-order valence-electron chi connectivity index (χ2n) is 5.34. The van der Waals surface area contributed by atoms with Gasteiger partial charge in [0.15, 0.2) is 0 Å². The first-order valence-electron chi connectivity index (χ1n) is 6.68. The van der Waals surface area contributed by atoms with Crippen LogP contribution in [0.1, 0.15) is 56.3 Å². The van der Waals surface area contributed by atoms with E-state index in [4.69, 9.17) is 0 Å². The van der Waals surface area contributed by atoms with E-state index in [1.807, 2.05) is 0 Å². The highest BCUT2D eigenvalue weighted by atomic mass is 19.1. The Hall–Kier alpha value is -1.58. The number of carboxylic acids is 1. The van der Waals surface area contributed by atoms with E-state index >= 15 is 0 Å². The lowest BCUT2D eigenvalue weighted by atomic mass is 9.69. The summed E-state index contributed by atoms with van der Waals surface area (Å²) in [5.74, 6) is -0.972. The molecule has 1 aromatic carbocycles. The van der Waals surface area contributed by atoms with Gasteiger partial charge in [-0.2, -0.15) is 0 Å². The second kappa shape index (κ2) is 5.19. The van der Waals surface area contributed by atoms with E-state index in [1.165, 1.54) is 25.1 Å². The highest BCUT2D eigenvalue weighted by Crippen LogP contribution is 2.44. The standard InChI is InChI=1S/C15H19FO3/c1-10(16)11-5-6-13(17)12(9-11)15(14(18)19)7-3-2-4-8-15/h5-6,9-10,17H,2-4,7-8H2,1H3,(H,18,19). The lowest BCUT2D eigenvalue weighted by Gasteiger charge is -2.34. The number of benzene rings is 1. The Balaban J connectivity index is 2.52. The molecule has 104 valence electrons. The van der Waals surface area contributed by atoms with Gasteiger partial charge in [0.2, 0.25) is 0 Å². The molecule has 3 nitrogen and oxygen atoms in total. The van der Waals surface area contributed by atoms with Crippen LogP contribution < -0.4 is 0 Å². The van der Waals surface area contributed by atoms with E-state index in [2.05, 4.69) is 0 Å². The summed E-state index contributed by atoms with van der Waals surface area (Å²) in [6.07, 6.45) is 2.48. The van der Waals surface area contributed by atoms with Crippen molar-refractivity contribution in [3.63, 3.8) is 0 Å². The molecule has 1 fully saturated rings. The fraction of sp³-hybridized carbons (Fsp3) is 0.533. The highest BCUT2D eigenvalue weighted by molar-refractivity contribution is 5.82. The summed E-state index contributed by atoms with van der Waals surface area (Å²) in [4.78, 5) is 11.7. The number of aliphatic carboxylic acids is 1. The van der Waals surface area contributed by atoms with E-state index in [1.54, 1.807) is 0 Å². The van der Waals surface area contributed by atoms with Crippen molar-refractivity contribution in [3.05, 3.63) is 29.3 Å². The molecule has 0 amide bonds. The van der Waals surface area contributed by atoms with E-state index in [0.29, 0.717) is 24.0 Å². The number of carboxylic acid groups (broad SMARTS) is 1. The maximum atomic E-state index is 13.4. The molecule has 1 aliphatic rings. The lowest BCUT2D eigenvalue weighted by Crippen LogP contribution is -2.38. The predicted octanol–water partition coefficient (Wildman–Crippen LogP) is 3.71. The maximum Gasteiger partial charge on any atom is 0.314 e. The van der Waals surface area contributed by atoms with Crippen molar-refractivity contribution in [3.8, 4) is 5.75 Å². The minimum Gasteiger partial charge on any atom is -0.508 e. The number of phenolic OH excluding ortho intramolecular Hbond substituents is 1. The van der Waals surface area contributed by atoms with Gasteiger partial charge in [0.25, 0.3) is 0 Å². The third-order valence-corrected chi connectivity index (χ3v) is 4.11. The number of rotatable bonds is 3. The van der Waals surface area contributed by atoms with Crippen molar-refractivity contribution in [2.45, 2.75) is 50.6 Å². The first kappa shape index (κ1) is 13.8. The van der Waals surface area contributed by atoms with Gasteiger partial charge in [-0.3, -0.25) is 4.79 Å². The third kappa shape index (κ3) is 2.44. The Labute approximate surface area is 112 Å². The maximum absolute atomic E-state index is 13.4. The van der Waals surface area contributed by atoms with Gasteiger partial charge < -0.3 is 10.2 Å². The average molecular weight is 266 g/mol. The van der Waals surface area contributed by atoms with Crippen molar-refractivity contribution in [1.29, 1.82) is 0 Å². The molecule has 0 aromatic heterocycles. The van der Waals surface area contributed by atoms with Crippen LogP contribution in [0.5, 0.6) is 5.75 Å². The average Bonchev–Trinajstić information content (AvgIpc) is 2.39. The Morgan fingerprint density at radius 1 is 1.32 bits per heavy atom. The number of alkyl halides is 1. The molecule has 1 unspecified atom stereocenters. The van der Waals surface area contributed by atoms with Gasteiger partial charge in [-0.05, 0) is 37.5 Å². The Bertz CT molecular complexity index is 476. The Morgan fingerprint density at radius 2 is 1.95 bits per heavy atom. The van der Waals surface area contributed by atoms with Crippen LogP contribution >= 0.6 is 0 Å². The van der Waals surface area contributed by atoms with E-state index in [0.717, 1.165) is 19.3 Å². The minimum absolute atomic E-state index is 0.0475. The van der Waals surface area contributed by atoms with Gasteiger partial charge in [0, 0.05) is 5.56 Å². The molecule has 0 spiro atoms. The quantitative estimate of drug-likeness (QED) is 0.876. The van der Waals surface area contributed by atoms with E-state index < -0.39 is 17.6 Å². The number of hydrogen-bond donors (Lipinski definition) is 2. The molecule has 1 atom stereocenters. The zero-order valence-corrected chi connectivity index (χ0v) is 11.0. The number of aromatic hydroxyl groups is 1. The molecule has 0 aliphatic heterocycles. The summed E-state index contributed by atoms with van der Waals surface area (Å²) in [5, 5.41) is 19.6. The number of halogens is 1. The summed E-state index contributed by atoms with van der Waals surface area (Å²) in [5.41, 5.74) is -0.284. The van der Waals surface area contributed by atoms with Crippen molar-refractivity contribution >= 4 is 5.97 Å². The van der Waals surface area contributed by atoms with Crippen LogP contribution in [0, 0.1) is 0 Å². The highest BCUT2D eigenvalue weighted by Gasteiger charge is 2.43. The molecular formula is C15H19FO3. The minimum atomic E-state index is -1.17. The molecule has 1 aliphatic carbocycles. The first-order valence-corrected chi connectivity index (χ1v) is 6.68. The van der Waals surface area contributed by atoms with Gasteiger partial charge in [-0.25, -0.2) is 4.39 Å². The number of hydrogen-bond acceptors (Lipinski definition) is 2. The van der Waals surface area contributed by atoms with Crippen molar-refractivity contribution in [1.82, 2.24) is 0 Å². The summed E-state index contributed by atoms with van der Waals surface area (Å²) >= 11 is 0. The molecule has 0 bridgehead atoms. The zero-order valence-electron chi connectivity index (χ0n) is 11.0. The fourth-order valence-electron chi connectivity index (χ4n) is 2.94. The third-order valence-electron chi connectivity index (χ3n) is 4.11. The van der Waals surface area contributed by atoms with Crippen molar-refractivity contribution in [2.75, 3.05) is 0 Å². The van der Waals surface area contributed by atoms with Crippen molar-refractivity contribution < 1.29 is 19.4 Å². The zero-order chi connectivity index (χ0) is 14.0. The summed E-state index contributed by atoms with van der Waals surface area (Å²) < 4.78 is 13.4. The normalized spacial score (nSPS) is 19.9. The Morgan fingerprint density at radius 3 is 2.47 bits per heavy atom. The Kier molecular flexibility index (Phi) is 3.78. The SMILES string of the molecule is CC(F)c1ccc(O)c(C2(C(=O)O)CCCCC2)c1. The van der Waals surface area contributed by atoms with Gasteiger partial charge in [-0.1, -0.05) is 25.3 Å². The van der Waals surface area contributed by atoms with Crippen molar-refractivity contribution in [2.24, 2.45) is 0 Å². The van der Waals surface area contributed by atoms with Crippen LogP contribution in [0.4, 0.5) is 4.39 Å². The van der Waals surface area contributed by atoms with Crippen LogP contribution in [-0.2, 0) is 10.2 Å². The van der Waals surface area contributed by atoms with Gasteiger partial charge >= 0.3 is 5.97 Å². The summed E-state index contributed by atoms with van der Waals surface area (Å²) in [6, 6.07) is 4.42. The number of carbonyl (C=O) groups is 1. The molecule has 0 heterocycles. The van der Waals surface area contributed by atoms with Gasteiger partial charge in [0.05, 0.1) is 5.41 Å². The molecule has 1 aromatic rings. The second-order valence-corrected chi connectivity index (χ2v) is 5.34. The smallest absolute Gasteiger partial charge is 0.314 e. The molecule has 2 N–H and O–H groups in total. The van der Waals surface area contributed by atoms with Crippen LogP contribution in [0.25, 0.3) is 0 Å². The van der Waals surface area contributed by atoms with Gasteiger partial charge in [0.1, 0.15) is 11.9 Å². The van der Waals surface area contributed by atoms with Gasteiger partial charge in [-0.15, -0.1) is 0 Å². The molecule has 2 rings (SSSR count). The largest absolute Gasteiger partial charge is 0.508 e. The molecule has 4 heteroatoms. The first-order chi connectivity index (χ1) is 8.97. The molecule has 0 saturated heterocycles. The van der Waals surface area contributed by atoms with Crippen LogP contribution in [0.2, 0.25) is 0 Å². The van der Waals surface area contributed by atoms with Crippen LogP contribution in [-0.4, -0.2) is 16.2 Å². The fourth-order valence-corrected chi connectivity index (χ4v) is 2.94. The molecule has 0 radical (unpaired) electrons. The van der Waals surface area contributed by atoms with E-state index in [-0.39, 0.29) is 5.75 Å². The topological polar surface area (TPSA) is 57.5 Å². The molecular weight excluding hydrogens is 247 g/mol. The monoisotopic (exact) mass is 266 g/mol. The predicted molar refractivity (Wildman–Crippen MR) is 70.0 cm³/mol. The van der Waals surface area contributed by atoms with E-state index in [9.17, 15) is 19.4 Å². The van der Waals surface area contributed by atoms with Crippen LogP contribution in [0.3, 0.4) is 0 Å². The lowest BCUT2D eigenvalue weighted by molar-refractivity contribution is -0.145. The number of phenols is 1.